The van der Waals surface area contributed by atoms with Crippen molar-refractivity contribution in [3.05, 3.63) is 24.3 Å². The summed E-state index contributed by atoms with van der Waals surface area (Å²) in [5, 5.41) is 12.1. The molecular formula is C14H21NO4S. The van der Waals surface area contributed by atoms with Crippen molar-refractivity contribution in [2.75, 3.05) is 17.6 Å². The third-order valence-corrected chi connectivity index (χ3v) is 5.02. The summed E-state index contributed by atoms with van der Waals surface area (Å²) in [5.74, 6) is -1.47. The first kappa shape index (κ1) is 16.5. The van der Waals surface area contributed by atoms with Crippen LogP contribution in [0.4, 0.5) is 5.69 Å². The Kier molecular flexibility index (Phi) is 5.56. The second-order valence-corrected chi connectivity index (χ2v) is 7.22. The number of carboxylic acid groups (broad SMARTS) is 1. The van der Waals surface area contributed by atoms with Gasteiger partial charge in [0.15, 0.2) is 9.84 Å². The first-order chi connectivity index (χ1) is 9.29. The fraction of sp³-hybridized carbons (Fsp3) is 0.500. The average Bonchev–Trinajstić information content (AvgIpc) is 2.38. The summed E-state index contributed by atoms with van der Waals surface area (Å²) in [7, 11) is -3.33. The molecule has 0 aromatic heterocycles. The fourth-order valence-corrected chi connectivity index (χ4v) is 2.94. The quantitative estimate of drug-likeness (QED) is 0.807. The van der Waals surface area contributed by atoms with E-state index >= 15 is 0 Å². The largest absolute Gasteiger partial charge is 0.481 e. The number of sulfone groups is 1. The predicted molar refractivity (Wildman–Crippen MR) is 78.6 cm³/mol. The van der Waals surface area contributed by atoms with E-state index in [1.165, 1.54) is 6.07 Å². The van der Waals surface area contributed by atoms with Crippen LogP contribution >= 0.6 is 0 Å². The van der Waals surface area contributed by atoms with E-state index < -0.39 is 21.7 Å². The minimum absolute atomic E-state index is 0.0121. The van der Waals surface area contributed by atoms with E-state index in [1.54, 1.807) is 25.1 Å². The van der Waals surface area contributed by atoms with Gasteiger partial charge in [-0.25, -0.2) is 8.42 Å². The van der Waals surface area contributed by atoms with Crippen molar-refractivity contribution < 1.29 is 18.3 Å². The van der Waals surface area contributed by atoms with Crippen molar-refractivity contribution in [3.63, 3.8) is 0 Å². The van der Waals surface area contributed by atoms with Gasteiger partial charge in [-0.15, -0.1) is 0 Å². The highest BCUT2D eigenvalue weighted by atomic mass is 32.2. The Hall–Kier alpha value is -1.56. The van der Waals surface area contributed by atoms with Gasteiger partial charge in [-0.05, 0) is 18.1 Å². The molecule has 0 amide bonds. The van der Waals surface area contributed by atoms with Crippen LogP contribution in [0.25, 0.3) is 0 Å². The summed E-state index contributed by atoms with van der Waals surface area (Å²) in [6.07, 6.45) is 0. The molecule has 0 heterocycles. The number of aliphatic carboxylic acids is 1. The van der Waals surface area contributed by atoms with E-state index in [-0.39, 0.29) is 23.1 Å². The third kappa shape index (κ3) is 3.96. The number of nitrogens with one attached hydrogen (secondary N) is 1. The molecule has 2 N–H and O–H groups in total. The normalized spacial score (nSPS) is 13.2. The number of anilines is 1. The number of benzene rings is 1. The Balaban J connectivity index is 2.97. The van der Waals surface area contributed by atoms with Crippen molar-refractivity contribution in [3.8, 4) is 0 Å². The molecular weight excluding hydrogens is 278 g/mol. The van der Waals surface area contributed by atoms with Crippen molar-refractivity contribution in [2.24, 2.45) is 11.8 Å². The Labute approximate surface area is 119 Å². The van der Waals surface area contributed by atoms with Gasteiger partial charge in [0, 0.05) is 6.54 Å². The molecule has 1 aromatic carbocycles. The Bertz CT molecular complexity index is 566. The topological polar surface area (TPSA) is 83.5 Å². The Morgan fingerprint density at radius 2 is 1.90 bits per heavy atom. The molecule has 0 bridgehead atoms. The van der Waals surface area contributed by atoms with Gasteiger partial charge in [0.25, 0.3) is 0 Å². The van der Waals surface area contributed by atoms with Crippen LogP contribution in [-0.4, -0.2) is 31.8 Å². The molecule has 0 fully saturated rings. The third-order valence-electron chi connectivity index (χ3n) is 3.24. The molecule has 0 saturated carbocycles. The first-order valence-electron chi connectivity index (χ1n) is 6.58. The monoisotopic (exact) mass is 299 g/mol. The minimum atomic E-state index is -3.33. The van der Waals surface area contributed by atoms with E-state index in [0.29, 0.717) is 5.69 Å². The van der Waals surface area contributed by atoms with Crippen LogP contribution in [0.1, 0.15) is 20.8 Å². The zero-order valence-electron chi connectivity index (χ0n) is 12.0. The summed E-state index contributed by atoms with van der Waals surface area (Å²) in [5.41, 5.74) is 0.459. The molecule has 0 aliphatic heterocycles. The number of para-hydroxylation sites is 1. The van der Waals surface area contributed by atoms with Gasteiger partial charge in [0.05, 0.1) is 22.3 Å². The number of carbonyl (C=O) groups is 1. The zero-order chi connectivity index (χ0) is 15.3. The molecule has 1 atom stereocenters. The zero-order valence-corrected chi connectivity index (χ0v) is 12.8. The molecule has 5 nitrogen and oxygen atoms in total. The summed E-state index contributed by atoms with van der Waals surface area (Å²) in [4.78, 5) is 11.4. The molecule has 0 aliphatic rings. The molecule has 1 unspecified atom stereocenters. The molecule has 1 aromatic rings. The minimum Gasteiger partial charge on any atom is -0.481 e. The number of hydrogen-bond donors (Lipinski definition) is 2. The highest BCUT2D eigenvalue weighted by Gasteiger charge is 2.22. The summed E-state index contributed by atoms with van der Waals surface area (Å²) in [6.45, 7) is 5.44. The molecule has 6 heteroatoms. The maximum Gasteiger partial charge on any atom is 0.308 e. The van der Waals surface area contributed by atoms with Crippen LogP contribution < -0.4 is 5.32 Å². The number of rotatable bonds is 7. The number of carboxylic acids is 1. The maximum atomic E-state index is 12.0. The SMILES string of the molecule is CCS(=O)(=O)c1ccccc1NCC(C(=O)O)C(C)C. The van der Waals surface area contributed by atoms with E-state index in [0.717, 1.165) is 0 Å². The maximum absolute atomic E-state index is 12.0. The second kappa shape index (κ2) is 6.74. The molecule has 1 rings (SSSR count). The standard InChI is InChI=1S/C14H21NO4S/c1-4-20(18,19)13-8-6-5-7-12(13)15-9-11(10(2)3)14(16)17/h5-8,10-11,15H,4,9H2,1-3H3,(H,16,17). The van der Waals surface area contributed by atoms with E-state index in [4.69, 9.17) is 5.11 Å². The summed E-state index contributed by atoms with van der Waals surface area (Å²) in [6, 6.07) is 6.57. The lowest BCUT2D eigenvalue weighted by Gasteiger charge is -2.19. The molecule has 0 aliphatic carbocycles. The molecule has 0 spiro atoms. The van der Waals surface area contributed by atoms with Crippen molar-refractivity contribution >= 4 is 21.5 Å². The lowest BCUT2D eigenvalue weighted by molar-refractivity contribution is -0.142. The van der Waals surface area contributed by atoms with E-state index in [2.05, 4.69) is 5.32 Å². The van der Waals surface area contributed by atoms with Gasteiger partial charge in [-0.2, -0.15) is 0 Å². The smallest absolute Gasteiger partial charge is 0.308 e. The van der Waals surface area contributed by atoms with Crippen molar-refractivity contribution in [1.29, 1.82) is 0 Å². The van der Waals surface area contributed by atoms with Crippen molar-refractivity contribution in [1.82, 2.24) is 0 Å². The Morgan fingerprint density at radius 3 is 2.40 bits per heavy atom. The first-order valence-corrected chi connectivity index (χ1v) is 8.23. The van der Waals surface area contributed by atoms with Crippen LogP contribution in [0.3, 0.4) is 0 Å². The van der Waals surface area contributed by atoms with Crippen LogP contribution in [-0.2, 0) is 14.6 Å². The van der Waals surface area contributed by atoms with E-state index in [1.807, 2.05) is 13.8 Å². The summed E-state index contributed by atoms with van der Waals surface area (Å²) >= 11 is 0. The van der Waals surface area contributed by atoms with E-state index in [9.17, 15) is 13.2 Å². The van der Waals surface area contributed by atoms with Gasteiger partial charge in [-0.1, -0.05) is 32.9 Å². The number of hydrogen-bond acceptors (Lipinski definition) is 4. The highest BCUT2D eigenvalue weighted by Crippen LogP contribution is 2.23. The van der Waals surface area contributed by atoms with Crippen LogP contribution in [0.15, 0.2) is 29.2 Å². The summed E-state index contributed by atoms with van der Waals surface area (Å²) < 4.78 is 24.0. The predicted octanol–water partition coefficient (Wildman–Crippen LogP) is 2.25. The molecule has 112 valence electrons. The van der Waals surface area contributed by atoms with Crippen LogP contribution in [0, 0.1) is 11.8 Å². The van der Waals surface area contributed by atoms with Crippen LogP contribution in [0.2, 0.25) is 0 Å². The van der Waals surface area contributed by atoms with Gasteiger partial charge in [0.1, 0.15) is 0 Å². The van der Waals surface area contributed by atoms with Crippen LogP contribution in [0.5, 0.6) is 0 Å². The average molecular weight is 299 g/mol. The Morgan fingerprint density at radius 1 is 1.30 bits per heavy atom. The molecule has 0 saturated heterocycles. The van der Waals surface area contributed by atoms with Gasteiger partial charge in [-0.3, -0.25) is 4.79 Å². The lowest BCUT2D eigenvalue weighted by Crippen LogP contribution is -2.28. The lowest BCUT2D eigenvalue weighted by atomic mass is 9.96. The fourth-order valence-electron chi connectivity index (χ4n) is 1.87. The highest BCUT2D eigenvalue weighted by molar-refractivity contribution is 7.91. The van der Waals surface area contributed by atoms with Gasteiger partial charge >= 0.3 is 5.97 Å². The van der Waals surface area contributed by atoms with Gasteiger partial charge < -0.3 is 10.4 Å². The molecule has 20 heavy (non-hydrogen) atoms. The second-order valence-electron chi connectivity index (χ2n) is 4.97. The molecule has 0 radical (unpaired) electrons. The van der Waals surface area contributed by atoms with Gasteiger partial charge in [0.2, 0.25) is 0 Å². The van der Waals surface area contributed by atoms with Crippen molar-refractivity contribution in [2.45, 2.75) is 25.7 Å².